The SMILES string of the molecule is C1=NCc2ccccc21.C1=Nc2c(ccc3c2=NCN=3)C1.C1=Nc2ccccc2C1.C1=Nc2cccnc2C1.C1=Nc2ccncc2C1.C1=Nc2cnccc2C1.C1=Nc2ncccc2C1.C1=c2ccccc2=NC1.CC.CC.CC.CC.CC.CC.CC.CC.CC.CC.CC.c1ccc2c(c1)=NCN=2.c1ccc2cnccc2c1.c1ccc2ncccc2c1.c1ccc2ncncc2c1. The summed E-state index contributed by atoms with van der Waals surface area (Å²) in [6, 6.07) is 78.7. The van der Waals surface area contributed by atoms with E-state index in [1.807, 2.05) is 403 Å². The molecule has 0 atom stereocenters. The van der Waals surface area contributed by atoms with Crippen LogP contribution in [0.15, 0.2) is 365 Å². The predicted molar refractivity (Wildman–Crippen MR) is 584 cm³/mol. The summed E-state index contributed by atoms with van der Waals surface area (Å²) in [5.41, 5.74) is 17.4. The van der Waals surface area contributed by atoms with Crippen molar-refractivity contribution in [3.05, 3.63) is 382 Å². The van der Waals surface area contributed by atoms with Gasteiger partial charge in [0.05, 0.1) is 85.9 Å². The number of nitrogens with zero attached hydrogens (tertiary/aromatic N) is 20. The molecule has 10 aliphatic heterocycles. The summed E-state index contributed by atoms with van der Waals surface area (Å²) in [4.78, 5) is 82.3. The van der Waals surface area contributed by atoms with Crippen LogP contribution >= 0.6 is 0 Å². The molecule has 8 aromatic carbocycles. The molecular weight excluding hydrogens is 1670 g/mol. The van der Waals surface area contributed by atoms with Crippen molar-refractivity contribution >= 4 is 116 Å². The van der Waals surface area contributed by atoms with E-state index in [2.05, 4.69) is 167 Å². The second-order valence-electron chi connectivity index (χ2n) is 25.8. The van der Waals surface area contributed by atoms with Gasteiger partial charge in [-0.05, 0) is 129 Å². The number of rotatable bonds is 0. The monoisotopic (exact) mass is 1820 g/mol. The third kappa shape index (κ3) is 39.9. The molecule has 136 heavy (non-hydrogen) atoms. The number of aromatic nitrogens is 8. The molecule has 15 aromatic rings. The zero-order chi connectivity index (χ0) is 99.2. The Labute approximate surface area is 810 Å². The Hall–Kier alpha value is -14.9. The molecule has 708 valence electrons. The second kappa shape index (κ2) is 74.6. The fraction of sp³-hybridized carbons (Fsp3) is 0.276. The van der Waals surface area contributed by atoms with E-state index in [0.717, 1.165) is 135 Å². The van der Waals surface area contributed by atoms with Crippen LogP contribution in [0.3, 0.4) is 0 Å². The molecule has 17 heterocycles. The summed E-state index contributed by atoms with van der Waals surface area (Å²) in [6.45, 7) is 46.9. The molecule has 20 nitrogen and oxygen atoms in total. The van der Waals surface area contributed by atoms with Crippen LogP contribution in [0, 0.1) is 0 Å². The molecule has 0 radical (unpaired) electrons. The Balaban J connectivity index is 0.000000375. The van der Waals surface area contributed by atoms with Gasteiger partial charge < -0.3 is 0 Å². The van der Waals surface area contributed by atoms with Gasteiger partial charge in [-0.3, -0.25) is 79.8 Å². The van der Waals surface area contributed by atoms with Crippen LogP contribution < -0.4 is 32.0 Å². The molecule has 0 saturated carbocycles. The highest BCUT2D eigenvalue weighted by Crippen LogP contribution is 2.25. The van der Waals surface area contributed by atoms with Gasteiger partial charge in [-0.2, -0.15) is 0 Å². The molecule has 0 N–H and O–H groups in total. The molecule has 10 aliphatic rings. The van der Waals surface area contributed by atoms with E-state index >= 15 is 0 Å². The van der Waals surface area contributed by atoms with E-state index < -0.39 is 0 Å². The fourth-order valence-corrected chi connectivity index (χ4v) is 12.4. The lowest BCUT2D eigenvalue weighted by atomic mass is 10.1. The smallest absolute Gasteiger partial charge is 0.155 e. The maximum atomic E-state index is 4.29. The van der Waals surface area contributed by atoms with Crippen molar-refractivity contribution in [2.24, 2.45) is 59.9 Å². The molecule has 0 spiro atoms. The van der Waals surface area contributed by atoms with Gasteiger partial charge >= 0.3 is 0 Å². The lowest BCUT2D eigenvalue weighted by Crippen LogP contribution is -2.21. The van der Waals surface area contributed by atoms with E-state index in [4.69, 9.17) is 0 Å². The normalized spacial score (nSPS) is 11.5. The van der Waals surface area contributed by atoms with Crippen molar-refractivity contribution in [1.29, 1.82) is 0 Å². The Morgan fingerprint density at radius 3 is 1.37 bits per heavy atom. The summed E-state index contributed by atoms with van der Waals surface area (Å²) in [7, 11) is 0. The van der Waals surface area contributed by atoms with Gasteiger partial charge in [0.1, 0.15) is 25.0 Å². The minimum absolute atomic E-state index is 0.571. The van der Waals surface area contributed by atoms with Crippen molar-refractivity contribution in [3.8, 4) is 0 Å². The average Bonchev–Trinajstić information content (AvgIpc) is 1.65. The molecule has 0 bridgehead atoms. The van der Waals surface area contributed by atoms with Crippen molar-refractivity contribution < 1.29 is 0 Å². The van der Waals surface area contributed by atoms with Crippen LogP contribution in [-0.4, -0.2) is 103 Å². The lowest BCUT2D eigenvalue weighted by molar-refractivity contribution is 1.06. The number of aliphatic imine (C=N–C) groups is 7. The number of pyridine rings is 6. The fourth-order valence-electron chi connectivity index (χ4n) is 12.4. The summed E-state index contributed by atoms with van der Waals surface area (Å²) >= 11 is 0. The van der Waals surface area contributed by atoms with Gasteiger partial charge in [0.2, 0.25) is 0 Å². The zero-order valence-electron chi connectivity index (χ0n) is 84.5. The van der Waals surface area contributed by atoms with Crippen LogP contribution in [0.4, 0.5) is 34.3 Å². The van der Waals surface area contributed by atoms with Crippen molar-refractivity contribution in [1.82, 2.24) is 39.9 Å². The van der Waals surface area contributed by atoms with Crippen molar-refractivity contribution in [3.63, 3.8) is 0 Å². The molecule has 0 unspecified atom stereocenters. The van der Waals surface area contributed by atoms with Gasteiger partial charge in [-0.1, -0.05) is 310 Å². The third-order valence-corrected chi connectivity index (χ3v) is 18.3. The predicted octanol–water partition coefficient (Wildman–Crippen LogP) is 26.5. The molecule has 0 fully saturated rings. The summed E-state index contributed by atoms with van der Waals surface area (Å²) in [5, 5.41) is 11.2. The van der Waals surface area contributed by atoms with E-state index in [-0.39, 0.29) is 0 Å². The Kier molecular flexibility index (Phi) is 63.2. The van der Waals surface area contributed by atoms with Crippen LogP contribution in [0.25, 0.3) is 38.7 Å². The summed E-state index contributed by atoms with van der Waals surface area (Å²) < 4.78 is 0. The Morgan fingerprint density at radius 2 is 0.713 bits per heavy atom. The number of hydrogen-bond acceptors (Lipinski definition) is 20. The lowest BCUT2D eigenvalue weighted by Gasteiger charge is -1.93. The van der Waals surface area contributed by atoms with Gasteiger partial charge in [-0.25, -0.2) is 19.9 Å². The van der Waals surface area contributed by atoms with Gasteiger partial charge in [0.25, 0.3) is 0 Å². The second-order valence-corrected chi connectivity index (χ2v) is 25.8. The first kappa shape index (κ1) is 115. The molecule has 20 heteroatoms. The van der Waals surface area contributed by atoms with Crippen LogP contribution in [0.1, 0.15) is 197 Å². The van der Waals surface area contributed by atoms with Gasteiger partial charge in [-0.15, -0.1) is 0 Å². The first-order valence-electron chi connectivity index (χ1n) is 48.4. The molecule has 0 saturated heterocycles. The quantitative estimate of drug-likeness (QED) is 0.141. The molecule has 0 aliphatic carbocycles. The minimum Gasteiger partial charge on any atom is -0.288 e. The van der Waals surface area contributed by atoms with Crippen molar-refractivity contribution in [2.75, 3.05) is 19.9 Å². The van der Waals surface area contributed by atoms with E-state index in [0.29, 0.717) is 13.3 Å². The van der Waals surface area contributed by atoms with E-state index in [9.17, 15) is 0 Å². The third-order valence-electron chi connectivity index (χ3n) is 18.3. The highest BCUT2D eigenvalue weighted by molar-refractivity contribution is 5.85. The maximum absolute atomic E-state index is 4.29. The van der Waals surface area contributed by atoms with E-state index in [1.54, 1.807) is 37.3 Å². The number of fused-ring (bicyclic) bond motifs is 14. The maximum Gasteiger partial charge on any atom is 0.155 e. The highest BCUT2D eigenvalue weighted by atomic mass is 15.0. The largest absolute Gasteiger partial charge is 0.288 e. The molecular formula is C116H144N20. The topological polar surface area (TPSA) is 251 Å². The first-order valence-corrected chi connectivity index (χ1v) is 48.4. The van der Waals surface area contributed by atoms with E-state index in [1.165, 1.54) is 60.3 Å². The number of para-hydroxylation sites is 6. The number of hydrogen-bond donors (Lipinski definition) is 0. The summed E-state index contributed by atoms with van der Waals surface area (Å²) in [5.74, 6) is 0.887. The van der Waals surface area contributed by atoms with Gasteiger partial charge in [0.15, 0.2) is 5.82 Å². The summed E-state index contributed by atoms with van der Waals surface area (Å²) in [6.07, 6.45) is 40.9. The standard InChI is InChI=1S/C9H7N3.2C9H7N.C8H6N2.3C8H7N.5C7H6N2.11C2H6/c1-2-7-9(12-5-11-7)8-6(1)3-4-10-8;1-2-6-9-8(4-1)5-3-7-10-9;1-2-4-9-7-10-6-5-8(9)3-1;1-2-4-8-7(3-1)5-9-6-10-8;1-2-4-8-6-9-5-7(8)3-1;2*1-2-4-8-7(3-1)5-6-9-8;1-4-9-7-2-3-8-5-6(1)7;1-3-8-5-7-6(1)2-4-9-7;1-2-6-7(8-4-1)3-5-9-6;1-2-6-3-5-9-7(6)8-4-1;1-2-4-7-6(3-1)8-5-9-7;11*1-2/h1-2,4H,3,5H2;2*1-7H;1-6H;1-5H,6H2;1-4,6H,5H2;1-5H,6H2;2-5H,1H2;1,3-5H,2H2;2*1-2,4-5H,3H2;1-4H,5H2;11*1-2H3. The highest BCUT2D eigenvalue weighted by Gasteiger charge is 2.12. The number of benzene rings is 8. The van der Waals surface area contributed by atoms with Gasteiger partial charge in [0, 0.05) is 160 Å². The Morgan fingerprint density at radius 1 is 0.250 bits per heavy atom. The first-order chi connectivity index (χ1) is 67.6. The zero-order valence-corrected chi connectivity index (χ0v) is 84.5. The average molecular weight is 1820 g/mol. The van der Waals surface area contributed by atoms with Crippen LogP contribution in [-0.2, 0) is 45.1 Å². The van der Waals surface area contributed by atoms with Crippen molar-refractivity contribution in [2.45, 2.75) is 197 Å². The molecule has 25 rings (SSSR count). The van der Waals surface area contributed by atoms with Crippen LogP contribution in [0.5, 0.6) is 0 Å². The Bertz CT molecular complexity index is 5530. The van der Waals surface area contributed by atoms with Crippen LogP contribution in [0.2, 0.25) is 0 Å². The molecule has 0 amide bonds. The minimum atomic E-state index is 0.571. The molecule has 7 aromatic heterocycles.